The molecule has 0 bridgehead atoms. The molecule has 0 saturated carbocycles. The van der Waals surface area contributed by atoms with Gasteiger partial charge >= 0.3 is 0 Å². The highest BCUT2D eigenvalue weighted by atomic mass is 79.9. The first-order valence-corrected chi connectivity index (χ1v) is 7.22. The highest BCUT2D eigenvalue weighted by molar-refractivity contribution is 9.10. The molecule has 0 fully saturated rings. The van der Waals surface area contributed by atoms with Crippen molar-refractivity contribution in [3.63, 3.8) is 0 Å². The zero-order valence-corrected chi connectivity index (χ0v) is 13.3. The van der Waals surface area contributed by atoms with E-state index < -0.39 is 23.0 Å². The quantitative estimate of drug-likeness (QED) is 0.554. The Bertz CT molecular complexity index is 704. The van der Waals surface area contributed by atoms with Crippen molar-refractivity contribution in [3.8, 4) is 5.75 Å². The van der Waals surface area contributed by atoms with E-state index in [1.165, 1.54) is 6.07 Å². The highest BCUT2D eigenvalue weighted by Crippen LogP contribution is 2.28. The van der Waals surface area contributed by atoms with Crippen LogP contribution in [0.1, 0.15) is 22.8 Å². The highest BCUT2D eigenvalue weighted by Gasteiger charge is 2.20. The molecule has 0 atom stereocenters. The summed E-state index contributed by atoms with van der Waals surface area (Å²) in [6, 6.07) is 6.35. The summed E-state index contributed by atoms with van der Waals surface area (Å²) < 4.78 is 33.3. The maximum Gasteiger partial charge on any atom is 0.199 e. The molecule has 0 aliphatic carbocycles. The second-order valence-electron chi connectivity index (χ2n) is 4.15. The van der Waals surface area contributed by atoms with Crippen LogP contribution in [0.15, 0.2) is 34.8 Å². The molecule has 0 aliphatic heterocycles. The molecule has 0 spiro atoms. The first-order valence-electron chi connectivity index (χ1n) is 6.05. The Hall–Kier alpha value is -1.46. The van der Waals surface area contributed by atoms with Crippen LogP contribution in [-0.2, 0) is 0 Å². The molecule has 2 rings (SSSR count). The number of hydrogen-bond donors (Lipinski definition) is 0. The maximum atomic E-state index is 13.9. The van der Waals surface area contributed by atoms with Crippen LogP contribution in [0.25, 0.3) is 0 Å². The first kappa shape index (κ1) is 15.9. The molecule has 2 aromatic carbocycles. The largest absolute Gasteiger partial charge is 0.493 e. The predicted octanol–water partition coefficient (Wildman–Crippen LogP) is 5.01. The van der Waals surface area contributed by atoms with Gasteiger partial charge in [-0.25, -0.2) is 8.78 Å². The number of hydrogen-bond acceptors (Lipinski definition) is 2. The van der Waals surface area contributed by atoms with Crippen molar-refractivity contribution in [1.29, 1.82) is 0 Å². The van der Waals surface area contributed by atoms with Crippen LogP contribution in [0.3, 0.4) is 0 Å². The minimum atomic E-state index is -0.881. The van der Waals surface area contributed by atoms with Crippen LogP contribution in [0, 0.1) is 11.6 Å². The Labute approximate surface area is 133 Å². The van der Waals surface area contributed by atoms with Crippen LogP contribution in [0.5, 0.6) is 5.75 Å². The molecular weight excluding hydrogens is 366 g/mol. The Morgan fingerprint density at radius 2 is 1.90 bits per heavy atom. The van der Waals surface area contributed by atoms with Gasteiger partial charge in [-0.1, -0.05) is 27.5 Å². The summed E-state index contributed by atoms with van der Waals surface area (Å²) in [5, 5.41) is -0.372. The van der Waals surface area contributed by atoms with Crippen molar-refractivity contribution in [1.82, 2.24) is 0 Å². The summed E-state index contributed by atoms with van der Waals surface area (Å²) in [7, 11) is 0. The summed E-state index contributed by atoms with van der Waals surface area (Å²) in [5.41, 5.74) is -0.247. The molecule has 0 N–H and O–H groups in total. The fourth-order valence-electron chi connectivity index (χ4n) is 1.80. The molecule has 0 saturated heterocycles. The standard InChI is InChI=1S/C15H10BrClF2O2/c1-2-21-14-4-3-8(16)5-10(14)15(20)9-6-13(19)11(17)7-12(9)18/h3-7H,2H2,1H3. The van der Waals surface area contributed by atoms with Crippen LogP contribution in [0.4, 0.5) is 8.78 Å². The summed E-state index contributed by atoms with van der Waals surface area (Å²) in [6.45, 7) is 2.11. The van der Waals surface area contributed by atoms with Gasteiger partial charge in [-0.2, -0.15) is 0 Å². The van der Waals surface area contributed by atoms with Gasteiger partial charge in [0.25, 0.3) is 0 Å². The van der Waals surface area contributed by atoms with E-state index in [-0.39, 0.29) is 10.6 Å². The smallest absolute Gasteiger partial charge is 0.199 e. The Balaban J connectivity index is 2.54. The van der Waals surface area contributed by atoms with Crippen molar-refractivity contribution in [3.05, 3.63) is 62.6 Å². The SMILES string of the molecule is CCOc1ccc(Br)cc1C(=O)c1cc(F)c(Cl)cc1F. The normalized spacial score (nSPS) is 10.5. The third-order valence-electron chi connectivity index (χ3n) is 2.74. The summed E-state index contributed by atoms with van der Waals surface area (Å²) in [6.07, 6.45) is 0. The van der Waals surface area contributed by atoms with Crippen molar-refractivity contribution in [2.24, 2.45) is 0 Å². The van der Waals surface area contributed by atoms with Gasteiger partial charge in [-0.05, 0) is 37.3 Å². The van der Waals surface area contributed by atoms with Gasteiger partial charge in [-0.15, -0.1) is 0 Å². The van der Waals surface area contributed by atoms with Crippen LogP contribution >= 0.6 is 27.5 Å². The lowest BCUT2D eigenvalue weighted by Gasteiger charge is -2.11. The van der Waals surface area contributed by atoms with Crippen LogP contribution in [-0.4, -0.2) is 12.4 Å². The van der Waals surface area contributed by atoms with Gasteiger partial charge in [-0.3, -0.25) is 4.79 Å². The third-order valence-corrected chi connectivity index (χ3v) is 3.52. The summed E-state index contributed by atoms with van der Waals surface area (Å²) in [4.78, 5) is 12.4. The monoisotopic (exact) mass is 374 g/mol. The molecule has 0 radical (unpaired) electrons. The molecule has 110 valence electrons. The van der Waals surface area contributed by atoms with Gasteiger partial charge in [0.1, 0.15) is 17.4 Å². The van der Waals surface area contributed by atoms with Crippen molar-refractivity contribution < 1.29 is 18.3 Å². The number of carbonyl (C=O) groups is 1. The number of rotatable bonds is 4. The first-order chi connectivity index (χ1) is 9.93. The molecule has 2 aromatic rings. The van der Waals surface area contributed by atoms with Crippen molar-refractivity contribution in [2.45, 2.75) is 6.92 Å². The van der Waals surface area contributed by atoms with Gasteiger partial charge in [0.15, 0.2) is 5.78 Å². The third kappa shape index (κ3) is 3.41. The van der Waals surface area contributed by atoms with E-state index in [2.05, 4.69) is 15.9 Å². The topological polar surface area (TPSA) is 26.3 Å². The average molecular weight is 376 g/mol. The lowest BCUT2D eigenvalue weighted by Crippen LogP contribution is -2.08. The summed E-state index contributed by atoms with van der Waals surface area (Å²) in [5.74, 6) is -2.10. The molecule has 0 aliphatic rings. The molecule has 0 amide bonds. The number of ether oxygens (including phenoxy) is 1. The fraction of sp³-hybridized carbons (Fsp3) is 0.133. The lowest BCUT2D eigenvalue weighted by molar-refractivity contribution is 0.103. The van der Waals surface area contributed by atoms with E-state index in [9.17, 15) is 13.6 Å². The number of carbonyl (C=O) groups excluding carboxylic acids is 1. The minimum absolute atomic E-state index is 0.145. The van der Waals surface area contributed by atoms with E-state index in [1.54, 1.807) is 19.1 Å². The molecule has 2 nitrogen and oxygen atoms in total. The van der Waals surface area contributed by atoms with E-state index in [0.717, 1.165) is 12.1 Å². The number of ketones is 1. The van der Waals surface area contributed by atoms with Gasteiger partial charge in [0.2, 0.25) is 0 Å². The number of benzene rings is 2. The molecule has 21 heavy (non-hydrogen) atoms. The zero-order chi connectivity index (χ0) is 15.6. The van der Waals surface area contributed by atoms with E-state index in [1.807, 2.05) is 0 Å². The Morgan fingerprint density at radius 3 is 2.57 bits per heavy atom. The predicted molar refractivity (Wildman–Crippen MR) is 80.1 cm³/mol. The molecular formula is C15H10BrClF2O2. The van der Waals surface area contributed by atoms with E-state index in [4.69, 9.17) is 16.3 Å². The second-order valence-corrected chi connectivity index (χ2v) is 5.47. The van der Waals surface area contributed by atoms with Gasteiger partial charge in [0, 0.05) is 4.47 Å². The lowest BCUT2D eigenvalue weighted by atomic mass is 10.0. The van der Waals surface area contributed by atoms with Crippen molar-refractivity contribution >= 4 is 33.3 Å². The van der Waals surface area contributed by atoms with Crippen LogP contribution < -0.4 is 4.74 Å². The second kappa shape index (κ2) is 6.54. The average Bonchev–Trinajstić information content (AvgIpc) is 2.44. The molecule has 0 heterocycles. The zero-order valence-electron chi connectivity index (χ0n) is 10.9. The van der Waals surface area contributed by atoms with Crippen molar-refractivity contribution in [2.75, 3.05) is 6.61 Å². The minimum Gasteiger partial charge on any atom is -0.493 e. The van der Waals surface area contributed by atoms with Crippen LogP contribution in [0.2, 0.25) is 5.02 Å². The Morgan fingerprint density at radius 1 is 1.19 bits per heavy atom. The van der Waals surface area contributed by atoms with E-state index in [0.29, 0.717) is 16.8 Å². The molecule has 0 unspecified atom stereocenters. The maximum absolute atomic E-state index is 13.9. The van der Waals surface area contributed by atoms with Gasteiger partial charge < -0.3 is 4.74 Å². The summed E-state index contributed by atoms with van der Waals surface area (Å²) >= 11 is 8.72. The Kier molecular flexibility index (Phi) is 4.96. The molecule has 6 heteroatoms. The fourth-order valence-corrected chi connectivity index (χ4v) is 2.31. The van der Waals surface area contributed by atoms with E-state index >= 15 is 0 Å². The van der Waals surface area contributed by atoms with Gasteiger partial charge in [0.05, 0.1) is 22.8 Å². The molecule has 0 aromatic heterocycles. The number of halogens is 4.